The molecule has 130 valence electrons. The predicted molar refractivity (Wildman–Crippen MR) is 96.1 cm³/mol. The van der Waals surface area contributed by atoms with Gasteiger partial charge in [0.1, 0.15) is 5.75 Å². The van der Waals surface area contributed by atoms with Crippen LogP contribution in [0.4, 0.5) is 0 Å². The highest BCUT2D eigenvalue weighted by molar-refractivity contribution is 5.85. The zero-order valence-electron chi connectivity index (χ0n) is 14.5. The Morgan fingerprint density at radius 3 is 2.74 bits per heavy atom. The zero-order chi connectivity index (χ0) is 16.3. The third-order valence-corrected chi connectivity index (χ3v) is 4.54. The minimum atomic E-state index is -0.424. The maximum atomic E-state index is 12.8. The molecule has 4 nitrogen and oxygen atoms in total. The molecule has 0 bridgehead atoms. The molecule has 0 radical (unpaired) electrons. The van der Waals surface area contributed by atoms with E-state index in [1.165, 1.54) is 0 Å². The minimum Gasteiger partial charge on any atom is -0.481 e. The van der Waals surface area contributed by atoms with Gasteiger partial charge in [0.2, 0.25) is 0 Å². The number of amides is 1. The van der Waals surface area contributed by atoms with Crippen LogP contribution in [0.3, 0.4) is 0 Å². The summed E-state index contributed by atoms with van der Waals surface area (Å²) < 4.78 is 5.93. The molecule has 2 rings (SSSR count). The van der Waals surface area contributed by atoms with Gasteiger partial charge in [0.05, 0.1) is 0 Å². The topological polar surface area (TPSA) is 55.6 Å². The molecule has 0 spiro atoms. The fraction of sp³-hybridized carbons (Fsp3) is 0.611. The van der Waals surface area contributed by atoms with Crippen LogP contribution in [-0.2, 0) is 4.79 Å². The van der Waals surface area contributed by atoms with E-state index in [9.17, 15) is 4.79 Å². The second-order valence-corrected chi connectivity index (χ2v) is 6.97. The normalized spacial score (nSPS) is 21.3. The lowest BCUT2D eigenvalue weighted by Gasteiger charge is -2.43. The zero-order valence-corrected chi connectivity index (χ0v) is 15.4. The van der Waals surface area contributed by atoms with E-state index in [0.717, 1.165) is 24.3 Å². The molecule has 1 saturated heterocycles. The Morgan fingerprint density at radius 2 is 2.17 bits per heavy atom. The smallest absolute Gasteiger partial charge is 0.263 e. The van der Waals surface area contributed by atoms with Crippen molar-refractivity contribution >= 4 is 18.3 Å². The summed E-state index contributed by atoms with van der Waals surface area (Å²) in [4.78, 5) is 14.7. The summed E-state index contributed by atoms with van der Waals surface area (Å²) in [5.74, 6) is 0.831. The number of rotatable bonds is 4. The maximum absolute atomic E-state index is 12.8. The van der Waals surface area contributed by atoms with E-state index in [4.69, 9.17) is 10.5 Å². The van der Waals surface area contributed by atoms with Gasteiger partial charge in [-0.15, -0.1) is 12.4 Å². The first-order valence-corrected chi connectivity index (χ1v) is 8.11. The number of hydrogen-bond donors (Lipinski definition) is 1. The first-order chi connectivity index (χ1) is 10.3. The molecule has 2 atom stereocenters. The molecule has 2 N–H and O–H groups in total. The van der Waals surface area contributed by atoms with E-state index in [1.54, 1.807) is 0 Å². The Bertz CT molecular complexity index is 534. The number of carbonyl (C=O) groups excluding carboxylic acids is 1. The largest absolute Gasteiger partial charge is 0.481 e. The molecule has 1 fully saturated rings. The molecular weight excluding hydrogens is 312 g/mol. The average Bonchev–Trinajstić information content (AvgIpc) is 2.47. The minimum absolute atomic E-state index is 0. The van der Waals surface area contributed by atoms with Crippen LogP contribution in [0.2, 0.25) is 0 Å². The lowest BCUT2D eigenvalue weighted by Crippen LogP contribution is -2.56. The average molecular weight is 341 g/mol. The highest BCUT2D eigenvalue weighted by Gasteiger charge is 2.37. The van der Waals surface area contributed by atoms with E-state index in [0.29, 0.717) is 13.0 Å². The van der Waals surface area contributed by atoms with Gasteiger partial charge in [0.25, 0.3) is 5.91 Å². The molecule has 1 heterocycles. The standard InChI is InChI=1S/C18H28N2O2.ClH/c1-5-15(22-14-8-6-7-13(2)11-14)17(21)20-10-9-16(19)18(3,4)12-20;/h6-8,11,15-16H,5,9-10,12,19H2,1-4H3;1H. The second kappa shape index (κ2) is 8.02. The third kappa shape index (κ3) is 4.85. The van der Waals surface area contributed by atoms with Gasteiger partial charge in [-0.25, -0.2) is 0 Å². The van der Waals surface area contributed by atoms with Crippen LogP contribution < -0.4 is 10.5 Å². The number of ether oxygens (including phenoxy) is 1. The lowest BCUT2D eigenvalue weighted by molar-refractivity contribution is -0.142. The van der Waals surface area contributed by atoms with Gasteiger partial charge in [-0.3, -0.25) is 4.79 Å². The van der Waals surface area contributed by atoms with Crippen molar-refractivity contribution in [1.82, 2.24) is 4.90 Å². The van der Waals surface area contributed by atoms with Crippen LogP contribution in [0.15, 0.2) is 24.3 Å². The van der Waals surface area contributed by atoms with Crippen LogP contribution in [-0.4, -0.2) is 36.0 Å². The number of halogens is 1. The Hall–Kier alpha value is -1.26. The van der Waals surface area contributed by atoms with Crippen molar-refractivity contribution in [3.63, 3.8) is 0 Å². The summed E-state index contributed by atoms with van der Waals surface area (Å²) in [7, 11) is 0. The maximum Gasteiger partial charge on any atom is 0.263 e. The quantitative estimate of drug-likeness (QED) is 0.916. The van der Waals surface area contributed by atoms with Crippen molar-refractivity contribution in [3.8, 4) is 5.75 Å². The highest BCUT2D eigenvalue weighted by Crippen LogP contribution is 2.28. The first kappa shape index (κ1) is 19.8. The Morgan fingerprint density at radius 1 is 1.48 bits per heavy atom. The lowest BCUT2D eigenvalue weighted by atomic mass is 9.79. The molecule has 2 unspecified atom stereocenters. The molecular formula is C18H29ClN2O2. The molecule has 1 aromatic carbocycles. The van der Waals surface area contributed by atoms with E-state index in [1.807, 2.05) is 43.0 Å². The van der Waals surface area contributed by atoms with E-state index in [-0.39, 0.29) is 29.8 Å². The van der Waals surface area contributed by atoms with E-state index >= 15 is 0 Å². The molecule has 1 aliphatic heterocycles. The summed E-state index contributed by atoms with van der Waals surface area (Å²) in [5.41, 5.74) is 7.24. The monoisotopic (exact) mass is 340 g/mol. The fourth-order valence-corrected chi connectivity index (χ4v) is 2.93. The third-order valence-electron chi connectivity index (χ3n) is 4.54. The van der Waals surface area contributed by atoms with Crippen molar-refractivity contribution in [2.75, 3.05) is 13.1 Å². The number of aryl methyl sites for hydroxylation is 1. The summed E-state index contributed by atoms with van der Waals surface area (Å²) in [6.07, 6.45) is 1.09. The summed E-state index contributed by atoms with van der Waals surface area (Å²) in [5, 5.41) is 0. The molecule has 0 saturated carbocycles. The van der Waals surface area contributed by atoms with Gasteiger partial charge in [0, 0.05) is 19.1 Å². The van der Waals surface area contributed by atoms with Gasteiger partial charge in [-0.1, -0.05) is 32.9 Å². The van der Waals surface area contributed by atoms with Crippen molar-refractivity contribution in [2.45, 2.75) is 52.7 Å². The predicted octanol–water partition coefficient (Wildman–Crippen LogP) is 3.16. The van der Waals surface area contributed by atoms with Crippen molar-refractivity contribution in [1.29, 1.82) is 0 Å². The highest BCUT2D eigenvalue weighted by atomic mass is 35.5. The van der Waals surface area contributed by atoms with Gasteiger partial charge in [0.15, 0.2) is 6.10 Å². The Labute approximate surface area is 145 Å². The van der Waals surface area contributed by atoms with Crippen molar-refractivity contribution in [3.05, 3.63) is 29.8 Å². The molecule has 5 heteroatoms. The number of likely N-dealkylation sites (tertiary alicyclic amines) is 1. The molecule has 23 heavy (non-hydrogen) atoms. The number of hydrogen-bond acceptors (Lipinski definition) is 3. The number of nitrogens with two attached hydrogens (primary N) is 1. The van der Waals surface area contributed by atoms with Gasteiger partial charge < -0.3 is 15.4 Å². The van der Waals surface area contributed by atoms with E-state index in [2.05, 4.69) is 13.8 Å². The van der Waals surface area contributed by atoms with Gasteiger partial charge in [-0.05, 0) is 42.9 Å². The van der Waals surface area contributed by atoms with E-state index < -0.39 is 6.10 Å². The molecule has 1 aliphatic rings. The summed E-state index contributed by atoms with van der Waals surface area (Å²) in [6.45, 7) is 9.67. The summed E-state index contributed by atoms with van der Waals surface area (Å²) >= 11 is 0. The number of carbonyl (C=O) groups is 1. The number of nitrogens with zero attached hydrogens (tertiary/aromatic N) is 1. The number of benzene rings is 1. The molecule has 1 aromatic rings. The van der Waals surface area contributed by atoms with Crippen LogP contribution in [0.1, 0.15) is 39.2 Å². The molecule has 1 amide bonds. The molecule has 0 aliphatic carbocycles. The fourth-order valence-electron chi connectivity index (χ4n) is 2.93. The van der Waals surface area contributed by atoms with Crippen LogP contribution in [0.25, 0.3) is 0 Å². The summed E-state index contributed by atoms with van der Waals surface area (Å²) in [6, 6.07) is 7.98. The van der Waals surface area contributed by atoms with Crippen LogP contribution in [0, 0.1) is 12.3 Å². The number of piperidine rings is 1. The van der Waals surface area contributed by atoms with Crippen molar-refractivity contribution < 1.29 is 9.53 Å². The van der Waals surface area contributed by atoms with Crippen LogP contribution in [0.5, 0.6) is 5.75 Å². The molecule has 0 aromatic heterocycles. The van der Waals surface area contributed by atoms with Gasteiger partial charge in [-0.2, -0.15) is 0 Å². The first-order valence-electron chi connectivity index (χ1n) is 8.11. The second-order valence-electron chi connectivity index (χ2n) is 6.97. The van der Waals surface area contributed by atoms with Gasteiger partial charge >= 0.3 is 0 Å². The Kier molecular flexibility index (Phi) is 6.90. The van der Waals surface area contributed by atoms with Crippen LogP contribution >= 0.6 is 12.4 Å². The Balaban J connectivity index is 0.00000264. The van der Waals surface area contributed by atoms with Crippen molar-refractivity contribution in [2.24, 2.45) is 11.1 Å². The SMILES string of the molecule is CCC(Oc1cccc(C)c1)C(=O)N1CCC(N)C(C)(C)C1.Cl.